The van der Waals surface area contributed by atoms with Crippen LogP contribution in [0.1, 0.15) is 51.4 Å². The van der Waals surface area contributed by atoms with Crippen LogP contribution in [0.5, 0.6) is 0 Å². The second-order valence-electron chi connectivity index (χ2n) is 4.30. The van der Waals surface area contributed by atoms with Gasteiger partial charge in [0.2, 0.25) is 0 Å². The molecule has 8 nitrogen and oxygen atoms in total. The molecule has 0 aromatic heterocycles. The molecule has 0 aliphatic rings. The quantitative estimate of drug-likeness (QED) is 0.294. The molecule has 0 saturated carbocycles. The smallest absolute Gasteiger partial charge is 0.303 e. The van der Waals surface area contributed by atoms with Gasteiger partial charge in [-0.1, -0.05) is 12.8 Å². The number of carboxylic acids is 2. The van der Waals surface area contributed by atoms with E-state index in [-0.39, 0.29) is 39.3 Å². The largest absolute Gasteiger partial charge is 0.481 e. The van der Waals surface area contributed by atoms with Gasteiger partial charge in [0, 0.05) is 26.1 Å². The molecule has 0 rings (SSSR count). The number of hydrogen-bond donors (Lipinski definition) is 6. The Morgan fingerprint density at radius 1 is 0.500 bits per heavy atom. The molecule has 0 unspecified atom stereocenters. The number of hydrogen-bond acceptors (Lipinski definition) is 6. The third kappa shape index (κ3) is 42.8. The lowest BCUT2D eigenvalue weighted by atomic mass is 10.1. The maximum absolute atomic E-state index is 10.0. The highest BCUT2D eigenvalue weighted by molar-refractivity contribution is 5.66. The van der Waals surface area contributed by atoms with Crippen molar-refractivity contribution in [1.82, 2.24) is 0 Å². The summed E-state index contributed by atoms with van der Waals surface area (Å²) in [5.41, 5.74) is 0. The Morgan fingerprint density at radius 3 is 1.00 bits per heavy atom. The Morgan fingerprint density at radius 2 is 0.818 bits per heavy atom. The van der Waals surface area contributed by atoms with Crippen molar-refractivity contribution >= 4 is 11.9 Å². The molecule has 0 radical (unpaired) electrons. The highest BCUT2D eigenvalue weighted by Gasteiger charge is 1.98. The van der Waals surface area contributed by atoms with Crippen LogP contribution < -0.4 is 0 Å². The normalized spacial score (nSPS) is 9.09. The van der Waals surface area contributed by atoms with E-state index >= 15 is 0 Å². The molecule has 0 aromatic carbocycles. The first-order valence-corrected chi connectivity index (χ1v) is 7.33. The highest BCUT2D eigenvalue weighted by atomic mass is 16.4. The van der Waals surface area contributed by atoms with Gasteiger partial charge >= 0.3 is 11.9 Å². The van der Waals surface area contributed by atoms with E-state index in [2.05, 4.69) is 0 Å². The third-order valence-corrected chi connectivity index (χ3v) is 2.20. The molecule has 0 aliphatic heterocycles. The van der Waals surface area contributed by atoms with Gasteiger partial charge in [0.15, 0.2) is 0 Å². The standard InChI is InChI=1S/C8H14O4.C4H10O2.C2H6O2/c9-7(10)5-3-1-2-4-6-8(11)12;5-3-1-2-4-6;3-1-2-4/h1-6H2,(H,9,10)(H,11,12);5-6H,1-4H2;3-4H,1-2H2. The predicted molar refractivity (Wildman–Crippen MR) is 80.6 cm³/mol. The van der Waals surface area contributed by atoms with Crippen molar-refractivity contribution in [2.24, 2.45) is 0 Å². The summed E-state index contributed by atoms with van der Waals surface area (Å²) in [5, 5.41) is 48.0. The second-order valence-corrected chi connectivity index (χ2v) is 4.30. The Labute approximate surface area is 131 Å². The van der Waals surface area contributed by atoms with Crippen LogP contribution in [-0.2, 0) is 9.59 Å². The summed E-state index contributed by atoms with van der Waals surface area (Å²) in [7, 11) is 0. The zero-order chi connectivity index (χ0) is 17.6. The first kappa shape index (κ1) is 25.7. The van der Waals surface area contributed by atoms with Crippen LogP contribution >= 0.6 is 0 Å². The van der Waals surface area contributed by atoms with E-state index in [0.717, 1.165) is 25.7 Å². The summed E-state index contributed by atoms with van der Waals surface area (Å²) < 4.78 is 0. The first-order valence-electron chi connectivity index (χ1n) is 7.33. The van der Waals surface area contributed by atoms with Gasteiger partial charge in [-0.3, -0.25) is 9.59 Å². The molecule has 0 bridgehead atoms. The average molecular weight is 326 g/mol. The summed E-state index contributed by atoms with van der Waals surface area (Å²) in [6.45, 7) is 0.140. The van der Waals surface area contributed by atoms with Crippen LogP contribution in [0, 0.1) is 0 Å². The molecule has 6 N–H and O–H groups in total. The van der Waals surface area contributed by atoms with Gasteiger partial charge in [0.25, 0.3) is 0 Å². The summed E-state index contributed by atoms with van der Waals surface area (Å²) >= 11 is 0. The first-order chi connectivity index (χ1) is 10.5. The molecule has 0 heterocycles. The van der Waals surface area contributed by atoms with Gasteiger partial charge in [-0.25, -0.2) is 0 Å². The van der Waals surface area contributed by atoms with Crippen molar-refractivity contribution in [3.05, 3.63) is 0 Å². The van der Waals surface area contributed by atoms with Gasteiger partial charge in [-0.2, -0.15) is 0 Å². The van der Waals surface area contributed by atoms with Crippen LogP contribution in [0.2, 0.25) is 0 Å². The lowest BCUT2D eigenvalue weighted by Gasteiger charge is -1.96. The summed E-state index contributed by atoms with van der Waals surface area (Å²) in [6, 6.07) is 0. The van der Waals surface area contributed by atoms with Crippen molar-refractivity contribution in [1.29, 1.82) is 0 Å². The fourth-order valence-electron chi connectivity index (χ4n) is 1.13. The Hall–Kier alpha value is -1.22. The maximum atomic E-state index is 10.0. The fraction of sp³-hybridized carbons (Fsp3) is 0.857. The second kappa shape index (κ2) is 24.8. The number of carboxylic acid groups (broad SMARTS) is 2. The molecule has 0 amide bonds. The molecular formula is C14H30O8. The molecular weight excluding hydrogens is 296 g/mol. The Bertz CT molecular complexity index is 209. The number of unbranched alkanes of at least 4 members (excludes halogenated alkanes) is 4. The number of aliphatic carboxylic acids is 2. The molecule has 0 spiro atoms. The minimum absolute atomic E-state index is 0.125. The molecule has 134 valence electrons. The lowest BCUT2D eigenvalue weighted by molar-refractivity contribution is -0.138. The van der Waals surface area contributed by atoms with Crippen LogP contribution in [0.25, 0.3) is 0 Å². The fourth-order valence-corrected chi connectivity index (χ4v) is 1.13. The van der Waals surface area contributed by atoms with E-state index in [1.165, 1.54) is 0 Å². The zero-order valence-corrected chi connectivity index (χ0v) is 13.0. The zero-order valence-electron chi connectivity index (χ0n) is 13.0. The van der Waals surface area contributed by atoms with Crippen molar-refractivity contribution in [3.8, 4) is 0 Å². The molecule has 0 fully saturated rings. The number of rotatable bonds is 11. The molecule has 8 heteroatoms. The van der Waals surface area contributed by atoms with Crippen molar-refractivity contribution in [2.75, 3.05) is 26.4 Å². The van der Waals surface area contributed by atoms with Crippen LogP contribution in [0.4, 0.5) is 0 Å². The van der Waals surface area contributed by atoms with Crippen molar-refractivity contribution < 1.29 is 40.2 Å². The third-order valence-electron chi connectivity index (χ3n) is 2.20. The van der Waals surface area contributed by atoms with E-state index in [0.29, 0.717) is 12.8 Å². The van der Waals surface area contributed by atoms with E-state index in [4.69, 9.17) is 30.6 Å². The Kier molecular flexibility index (Phi) is 29.0. The highest BCUT2D eigenvalue weighted by Crippen LogP contribution is 2.04. The topological polar surface area (TPSA) is 156 Å². The van der Waals surface area contributed by atoms with Gasteiger partial charge in [-0.05, 0) is 25.7 Å². The molecule has 0 atom stereocenters. The van der Waals surface area contributed by atoms with Crippen LogP contribution in [0.15, 0.2) is 0 Å². The van der Waals surface area contributed by atoms with Crippen molar-refractivity contribution in [2.45, 2.75) is 51.4 Å². The van der Waals surface area contributed by atoms with E-state index in [9.17, 15) is 9.59 Å². The van der Waals surface area contributed by atoms with E-state index < -0.39 is 11.9 Å². The molecule has 0 aliphatic carbocycles. The summed E-state index contributed by atoms with van der Waals surface area (Å²) in [4.78, 5) is 20.1. The van der Waals surface area contributed by atoms with Crippen LogP contribution in [-0.4, -0.2) is 69.0 Å². The number of aliphatic hydroxyl groups excluding tert-OH is 4. The number of aliphatic hydroxyl groups is 4. The lowest BCUT2D eigenvalue weighted by Crippen LogP contribution is -1.95. The molecule has 0 saturated heterocycles. The van der Waals surface area contributed by atoms with Crippen molar-refractivity contribution in [3.63, 3.8) is 0 Å². The minimum Gasteiger partial charge on any atom is -0.481 e. The SMILES string of the molecule is O=C(O)CCCCCCC(=O)O.OCCCCO.OCCO. The summed E-state index contributed by atoms with van der Waals surface area (Å²) in [6.07, 6.45) is 4.72. The molecule has 22 heavy (non-hydrogen) atoms. The summed E-state index contributed by atoms with van der Waals surface area (Å²) in [5.74, 6) is -1.57. The number of carbonyl (C=O) groups is 2. The minimum atomic E-state index is -0.784. The Balaban J connectivity index is -0.000000300. The van der Waals surface area contributed by atoms with Gasteiger partial charge < -0.3 is 30.6 Å². The maximum Gasteiger partial charge on any atom is 0.303 e. The molecule has 0 aromatic rings. The van der Waals surface area contributed by atoms with E-state index in [1.54, 1.807) is 0 Å². The predicted octanol–water partition coefficient (Wildman–Crippen LogP) is 0.218. The van der Waals surface area contributed by atoms with Crippen LogP contribution in [0.3, 0.4) is 0 Å². The van der Waals surface area contributed by atoms with Gasteiger partial charge in [0.1, 0.15) is 0 Å². The van der Waals surface area contributed by atoms with E-state index in [1.807, 2.05) is 0 Å². The van der Waals surface area contributed by atoms with Gasteiger partial charge in [-0.15, -0.1) is 0 Å². The monoisotopic (exact) mass is 326 g/mol. The van der Waals surface area contributed by atoms with Gasteiger partial charge in [0.05, 0.1) is 13.2 Å². The average Bonchev–Trinajstić information content (AvgIpc) is 2.49.